The molecule has 0 atom stereocenters. The molecular weight excluding hydrogens is 320 g/mol. The van der Waals surface area contributed by atoms with Gasteiger partial charge in [-0.05, 0) is 77.9 Å². The molecular formula is C23H26OSi. The van der Waals surface area contributed by atoms with E-state index in [1.807, 2.05) is 0 Å². The molecule has 2 aliphatic carbocycles. The van der Waals surface area contributed by atoms with Gasteiger partial charge in [-0.25, -0.2) is 0 Å². The molecule has 0 radical (unpaired) electrons. The number of hydrogen-bond donors (Lipinski definition) is 0. The largest absolute Gasteiger partial charge is 0.417 e. The molecule has 128 valence electrons. The maximum Gasteiger partial charge on any atom is 0.183 e. The van der Waals surface area contributed by atoms with Gasteiger partial charge in [0.1, 0.15) is 0 Å². The van der Waals surface area contributed by atoms with Crippen molar-refractivity contribution in [2.75, 3.05) is 6.61 Å². The van der Waals surface area contributed by atoms with Crippen molar-refractivity contribution in [2.45, 2.75) is 38.9 Å². The molecule has 2 aliphatic rings. The van der Waals surface area contributed by atoms with Gasteiger partial charge in [-0.15, -0.1) is 0 Å². The third-order valence-corrected chi connectivity index (χ3v) is 6.18. The molecule has 0 aliphatic heterocycles. The summed E-state index contributed by atoms with van der Waals surface area (Å²) < 4.78 is 6.09. The van der Waals surface area contributed by atoms with Crippen molar-refractivity contribution < 1.29 is 4.43 Å². The number of allylic oxidation sites excluding steroid dienone is 3. The van der Waals surface area contributed by atoms with Crippen molar-refractivity contribution in [3.8, 4) is 11.1 Å². The summed E-state index contributed by atoms with van der Waals surface area (Å²) in [6, 6.07) is 15.6. The smallest absolute Gasteiger partial charge is 0.183 e. The molecule has 0 heterocycles. The Balaban J connectivity index is 1.65. The van der Waals surface area contributed by atoms with Gasteiger partial charge in [-0.1, -0.05) is 54.6 Å². The van der Waals surface area contributed by atoms with Crippen LogP contribution in [-0.4, -0.2) is 14.9 Å². The van der Waals surface area contributed by atoms with E-state index in [0.717, 1.165) is 25.9 Å². The summed E-state index contributed by atoms with van der Waals surface area (Å²) in [5, 5.41) is 0. The van der Waals surface area contributed by atoms with E-state index >= 15 is 0 Å². The zero-order valence-electron chi connectivity index (χ0n) is 15.4. The van der Waals surface area contributed by atoms with Gasteiger partial charge in [-0.2, -0.15) is 0 Å². The third kappa shape index (κ3) is 3.29. The van der Waals surface area contributed by atoms with Crippen LogP contribution in [0.3, 0.4) is 0 Å². The summed E-state index contributed by atoms with van der Waals surface area (Å²) in [5.41, 5.74) is 10.2. The average Bonchev–Trinajstić information content (AvgIpc) is 3.17. The van der Waals surface area contributed by atoms with Crippen LogP contribution in [0.15, 0.2) is 60.2 Å². The van der Waals surface area contributed by atoms with Crippen LogP contribution in [0, 0.1) is 0 Å². The second-order valence-corrected chi connectivity index (χ2v) is 12.5. The molecule has 4 rings (SSSR count). The molecule has 0 spiro atoms. The first-order chi connectivity index (χ1) is 12.0. The number of hydrogen-bond acceptors (Lipinski definition) is 1. The van der Waals surface area contributed by atoms with Gasteiger partial charge >= 0.3 is 0 Å². The van der Waals surface area contributed by atoms with Crippen molar-refractivity contribution in [3.05, 3.63) is 76.9 Å². The molecule has 0 N–H and O–H groups in total. The number of benzene rings is 2. The average molecular weight is 347 g/mol. The van der Waals surface area contributed by atoms with Crippen LogP contribution in [0.2, 0.25) is 19.6 Å². The summed E-state index contributed by atoms with van der Waals surface area (Å²) >= 11 is 0. The van der Waals surface area contributed by atoms with Gasteiger partial charge < -0.3 is 4.43 Å². The van der Waals surface area contributed by atoms with Crippen molar-refractivity contribution >= 4 is 13.9 Å². The van der Waals surface area contributed by atoms with Gasteiger partial charge in [0, 0.05) is 6.61 Å². The molecule has 0 unspecified atom stereocenters. The highest BCUT2D eigenvalue weighted by atomic mass is 28.4. The van der Waals surface area contributed by atoms with E-state index in [1.54, 1.807) is 0 Å². The molecule has 0 saturated heterocycles. The molecule has 25 heavy (non-hydrogen) atoms. The van der Waals surface area contributed by atoms with Crippen LogP contribution < -0.4 is 0 Å². The fraction of sp³-hybridized carbons (Fsp3) is 0.304. The maximum absolute atomic E-state index is 6.09. The normalized spacial score (nSPS) is 15.6. The van der Waals surface area contributed by atoms with Crippen LogP contribution >= 0.6 is 0 Å². The monoisotopic (exact) mass is 346 g/mol. The summed E-state index contributed by atoms with van der Waals surface area (Å²) in [6.07, 6.45) is 7.75. The molecule has 0 amide bonds. The van der Waals surface area contributed by atoms with Gasteiger partial charge in [0.25, 0.3) is 0 Å². The zero-order valence-corrected chi connectivity index (χ0v) is 16.4. The lowest BCUT2D eigenvalue weighted by molar-refractivity contribution is 0.317. The Labute approximate surface area is 152 Å². The summed E-state index contributed by atoms with van der Waals surface area (Å²) in [6.45, 7) is 7.62. The Morgan fingerprint density at radius 3 is 2.52 bits per heavy atom. The minimum atomic E-state index is -1.44. The van der Waals surface area contributed by atoms with Crippen LogP contribution in [0.25, 0.3) is 16.7 Å². The van der Waals surface area contributed by atoms with Gasteiger partial charge in [0.15, 0.2) is 8.32 Å². The van der Waals surface area contributed by atoms with Crippen LogP contribution in [-0.2, 0) is 10.8 Å². The van der Waals surface area contributed by atoms with Crippen molar-refractivity contribution in [2.24, 2.45) is 0 Å². The maximum atomic E-state index is 6.09. The van der Waals surface area contributed by atoms with Gasteiger partial charge in [-0.3, -0.25) is 0 Å². The van der Waals surface area contributed by atoms with E-state index in [9.17, 15) is 0 Å². The van der Waals surface area contributed by atoms with Crippen molar-refractivity contribution in [1.82, 2.24) is 0 Å². The molecule has 2 aromatic carbocycles. The first-order valence-electron chi connectivity index (χ1n) is 9.26. The van der Waals surface area contributed by atoms with Crippen LogP contribution in [0.1, 0.15) is 29.5 Å². The molecule has 1 nitrogen and oxygen atoms in total. The first kappa shape index (κ1) is 16.6. The predicted octanol–water partition coefficient (Wildman–Crippen LogP) is 6.21. The minimum absolute atomic E-state index is 0.841. The highest BCUT2D eigenvalue weighted by Gasteiger charge is 2.23. The number of fused-ring (bicyclic) bond motifs is 3. The van der Waals surface area contributed by atoms with E-state index in [4.69, 9.17) is 4.43 Å². The lowest BCUT2D eigenvalue weighted by atomic mass is 9.92. The second kappa shape index (κ2) is 6.43. The van der Waals surface area contributed by atoms with E-state index in [-0.39, 0.29) is 0 Å². The molecule has 2 heteroatoms. The first-order valence-corrected chi connectivity index (χ1v) is 12.7. The van der Waals surface area contributed by atoms with Crippen molar-refractivity contribution in [1.29, 1.82) is 0 Å². The molecule has 0 saturated carbocycles. The zero-order chi connectivity index (χ0) is 17.4. The third-order valence-electron chi connectivity index (χ3n) is 5.11. The summed E-state index contributed by atoms with van der Waals surface area (Å²) in [4.78, 5) is 0. The fourth-order valence-corrected chi connectivity index (χ4v) is 4.69. The fourth-order valence-electron chi connectivity index (χ4n) is 3.98. The lowest BCUT2D eigenvalue weighted by Gasteiger charge is -2.18. The van der Waals surface area contributed by atoms with Crippen molar-refractivity contribution in [3.63, 3.8) is 0 Å². The Kier molecular flexibility index (Phi) is 4.26. The van der Waals surface area contributed by atoms with Gasteiger partial charge in [0.2, 0.25) is 0 Å². The SMILES string of the molecule is C[Si](C)(C)OCCC1=C(c2cccc3c2Cc2ccccc2-3)CC=C1. The lowest BCUT2D eigenvalue weighted by Crippen LogP contribution is -2.25. The quantitative estimate of drug-likeness (QED) is 0.499. The molecule has 0 fully saturated rings. The molecule has 2 aromatic rings. The van der Waals surface area contributed by atoms with E-state index < -0.39 is 8.32 Å². The van der Waals surface area contributed by atoms with E-state index in [1.165, 1.54) is 39.0 Å². The topological polar surface area (TPSA) is 9.23 Å². The molecule has 0 bridgehead atoms. The molecule has 0 aromatic heterocycles. The Morgan fingerprint density at radius 2 is 1.68 bits per heavy atom. The number of rotatable bonds is 5. The van der Waals surface area contributed by atoms with E-state index in [2.05, 4.69) is 74.3 Å². The Hall–Kier alpha value is -1.90. The minimum Gasteiger partial charge on any atom is -0.417 e. The Bertz CT molecular complexity index is 868. The Morgan fingerprint density at radius 1 is 0.920 bits per heavy atom. The van der Waals surface area contributed by atoms with Crippen LogP contribution in [0.4, 0.5) is 0 Å². The standard InChI is InChI=1S/C23H26OSi/c1-25(2,3)24-15-14-17-9-6-11-19(17)21-12-7-13-22-20-10-5-4-8-18(20)16-23(21)22/h4-10,12-13H,11,14-16H2,1-3H3. The second-order valence-electron chi connectivity index (χ2n) is 7.99. The predicted molar refractivity (Wildman–Crippen MR) is 109 cm³/mol. The van der Waals surface area contributed by atoms with Gasteiger partial charge in [0.05, 0.1) is 0 Å². The summed E-state index contributed by atoms with van der Waals surface area (Å²) in [7, 11) is -1.44. The van der Waals surface area contributed by atoms with Crippen LogP contribution in [0.5, 0.6) is 0 Å². The highest BCUT2D eigenvalue weighted by molar-refractivity contribution is 6.69. The summed E-state index contributed by atoms with van der Waals surface area (Å²) in [5.74, 6) is 0. The van der Waals surface area contributed by atoms with E-state index in [0.29, 0.717) is 0 Å². The highest BCUT2D eigenvalue weighted by Crippen LogP contribution is 2.42.